The lowest BCUT2D eigenvalue weighted by atomic mass is 9.96. The van der Waals surface area contributed by atoms with Crippen LogP contribution in [-0.4, -0.2) is 18.8 Å². The van der Waals surface area contributed by atoms with Crippen molar-refractivity contribution in [2.75, 3.05) is 7.11 Å². The minimum absolute atomic E-state index is 0.116. The maximum Gasteiger partial charge on any atom is 0.0637 e. The standard InChI is InChI=1S/C11H21NO/c1-5-6-7-8-10(12)9-11(2,3)13-4/h1,10H,6-9,12H2,2-4H3. The highest BCUT2D eigenvalue weighted by Gasteiger charge is 2.19. The fraction of sp³-hybridized carbons (Fsp3) is 0.818. The van der Waals surface area contributed by atoms with Crippen LogP contribution in [0.4, 0.5) is 0 Å². The normalized spacial score (nSPS) is 13.8. The van der Waals surface area contributed by atoms with Crippen LogP contribution in [0.1, 0.15) is 39.5 Å². The third-order valence-corrected chi connectivity index (χ3v) is 2.20. The second-order valence-electron chi connectivity index (χ2n) is 4.02. The quantitative estimate of drug-likeness (QED) is 0.504. The Labute approximate surface area is 81.8 Å². The molecule has 1 unspecified atom stereocenters. The number of methoxy groups -OCH3 is 1. The van der Waals surface area contributed by atoms with Crippen LogP contribution in [-0.2, 0) is 4.74 Å². The van der Waals surface area contributed by atoms with Gasteiger partial charge in [0.2, 0.25) is 0 Å². The van der Waals surface area contributed by atoms with Gasteiger partial charge >= 0.3 is 0 Å². The third kappa shape index (κ3) is 6.62. The average molecular weight is 183 g/mol. The van der Waals surface area contributed by atoms with Gasteiger partial charge in [-0.25, -0.2) is 0 Å². The zero-order chi connectivity index (χ0) is 10.3. The summed E-state index contributed by atoms with van der Waals surface area (Å²) in [6, 6.07) is 0.197. The molecule has 0 aromatic carbocycles. The maximum atomic E-state index is 5.93. The highest BCUT2D eigenvalue weighted by molar-refractivity contribution is 4.84. The highest BCUT2D eigenvalue weighted by atomic mass is 16.5. The molecule has 76 valence electrons. The Bertz CT molecular complexity index is 169. The Morgan fingerprint density at radius 3 is 2.62 bits per heavy atom. The first-order valence-corrected chi connectivity index (χ1v) is 4.76. The van der Waals surface area contributed by atoms with E-state index in [0.29, 0.717) is 0 Å². The molecular formula is C11H21NO. The summed E-state index contributed by atoms with van der Waals surface area (Å²) < 4.78 is 5.29. The lowest BCUT2D eigenvalue weighted by Crippen LogP contribution is -2.33. The molecule has 2 N–H and O–H groups in total. The van der Waals surface area contributed by atoms with E-state index in [1.807, 2.05) is 13.8 Å². The number of unbranched alkanes of at least 4 members (excludes halogenated alkanes) is 1. The van der Waals surface area contributed by atoms with Crippen molar-refractivity contribution < 1.29 is 4.74 Å². The van der Waals surface area contributed by atoms with Gasteiger partial charge in [0, 0.05) is 19.6 Å². The third-order valence-electron chi connectivity index (χ3n) is 2.20. The second kappa shape index (κ2) is 6.01. The number of ether oxygens (including phenoxy) is 1. The molecule has 0 heterocycles. The topological polar surface area (TPSA) is 35.2 Å². The molecule has 0 saturated heterocycles. The van der Waals surface area contributed by atoms with E-state index in [0.717, 1.165) is 25.7 Å². The van der Waals surface area contributed by atoms with Crippen molar-refractivity contribution in [2.45, 2.75) is 51.2 Å². The van der Waals surface area contributed by atoms with E-state index in [9.17, 15) is 0 Å². The van der Waals surface area contributed by atoms with E-state index in [1.165, 1.54) is 0 Å². The first kappa shape index (κ1) is 12.5. The Kier molecular flexibility index (Phi) is 5.77. The smallest absolute Gasteiger partial charge is 0.0637 e. The fourth-order valence-electron chi connectivity index (χ4n) is 1.28. The van der Waals surface area contributed by atoms with E-state index in [2.05, 4.69) is 5.92 Å². The van der Waals surface area contributed by atoms with Gasteiger partial charge in [-0.3, -0.25) is 0 Å². The van der Waals surface area contributed by atoms with Crippen LogP contribution in [0.3, 0.4) is 0 Å². The van der Waals surface area contributed by atoms with Crippen LogP contribution in [0.25, 0.3) is 0 Å². The summed E-state index contributed by atoms with van der Waals surface area (Å²) in [6.07, 6.45) is 8.85. The molecule has 0 amide bonds. The first-order valence-electron chi connectivity index (χ1n) is 4.76. The van der Waals surface area contributed by atoms with Crippen molar-refractivity contribution in [3.63, 3.8) is 0 Å². The Hall–Kier alpha value is -0.520. The van der Waals surface area contributed by atoms with Gasteiger partial charge in [-0.1, -0.05) is 0 Å². The van der Waals surface area contributed by atoms with Crippen LogP contribution in [0.2, 0.25) is 0 Å². The minimum Gasteiger partial charge on any atom is -0.379 e. The van der Waals surface area contributed by atoms with Gasteiger partial charge in [0.05, 0.1) is 5.60 Å². The molecule has 13 heavy (non-hydrogen) atoms. The monoisotopic (exact) mass is 183 g/mol. The van der Waals surface area contributed by atoms with Crippen LogP contribution < -0.4 is 5.73 Å². The molecule has 0 aliphatic heterocycles. The summed E-state index contributed by atoms with van der Waals surface area (Å²) in [5, 5.41) is 0. The van der Waals surface area contributed by atoms with Crippen molar-refractivity contribution in [1.29, 1.82) is 0 Å². The number of hydrogen-bond donors (Lipinski definition) is 1. The summed E-state index contributed by atoms with van der Waals surface area (Å²) in [7, 11) is 1.72. The molecule has 0 aliphatic carbocycles. The van der Waals surface area contributed by atoms with Gasteiger partial charge in [-0.2, -0.15) is 0 Å². The number of rotatable bonds is 6. The predicted octanol–water partition coefficient (Wildman–Crippen LogP) is 1.93. The van der Waals surface area contributed by atoms with Gasteiger partial charge in [-0.05, 0) is 33.1 Å². The molecular weight excluding hydrogens is 162 g/mol. The Morgan fingerprint density at radius 1 is 1.54 bits per heavy atom. The number of terminal acetylenes is 1. The van der Waals surface area contributed by atoms with Crippen molar-refractivity contribution in [3.05, 3.63) is 0 Å². The largest absolute Gasteiger partial charge is 0.379 e. The van der Waals surface area contributed by atoms with Gasteiger partial charge in [-0.15, -0.1) is 12.3 Å². The van der Waals surface area contributed by atoms with Crippen molar-refractivity contribution >= 4 is 0 Å². The molecule has 2 heteroatoms. The molecule has 2 nitrogen and oxygen atoms in total. The predicted molar refractivity (Wildman–Crippen MR) is 56.4 cm³/mol. The van der Waals surface area contributed by atoms with Gasteiger partial charge in [0.25, 0.3) is 0 Å². The summed E-state index contributed by atoms with van der Waals surface area (Å²) >= 11 is 0. The van der Waals surface area contributed by atoms with Crippen molar-refractivity contribution in [1.82, 2.24) is 0 Å². The van der Waals surface area contributed by atoms with Gasteiger partial charge in [0.1, 0.15) is 0 Å². The highest BCUT2D eigenvalue weighted by Crippen LogP contribution is 2.17. The number of hydrogen-bond acceptors (Lipinski definition) is 2. The van der Waals surface area contributed by atoms with Crippen LogP contribution >= 0.6 is 0 Å². The number of nitrogens with two attached hydrogens (primary N) is 1. The SMILES string of the molecule is C#CCCCC(N)CC(C)(C)OC. The molecule has 1 atom stereocenters. The van der Waals surface area contributed by atoms with E-state index < -0.39 is 0 Å². The summed E-state index contributed by atoms with van der Waals surface area (Å²) in [5.74, 6) is 2.61. The first-order chi connectivity index (χ1) is 6.02. The summed E-state index contributed by atoms with van der Waals surface area (Å²) in [5.41, 5.74) is 5.81. The van der Waals surface area contributed by atoms with E-state index in [1.54, 1.807) is 7.11 Å². The Morgan fingerprint density at radius 2 is 2.15 bits per heavy atom. The van der Waals surface area contributed by atoms with Crippen molar-refractivity contribution in [3.8, 4) is 12.3 Å². The van der Waals surface area contributed by atoms with Gasteiger partial charge < -0.3 is 10.5 Å². The minimum atomic E-state index is -0.116. The zero-order valence-corrected chi connectivity index (χ0v) is 8.97. The molecule has 0 bridgehead atoms. The molecule has 0 fully saturated rings. The molecule has 0 saturated carbocycles. The average Bonchev–Trinajstić information content (AvgIpc) is 2.04. The second-order valence-corrected chi connectivity index (χ2v) is 4.02. The molecule has 0 rings (SSSR count). The maximum absolute atomic E-state index is 5.93. The Balaban J connectivity index is 3.62. The zero-order valence-electron chi connectivity index (χ0n) is 8.97. The van der Waals surface area contributed by atoms with E-state index in [4.69, 9.17) is 16.9 Å². The van der Waals surface area contributed by atoms with Crippen LogP contribution in [0.5, 0.6) is 0 Å². The lowest BCUT2D eigenvalue weighted by Gasteiger charge is -2.26. The van der Waals surface area contributed by atoms with E-state index in [-0.39, 0.29) is 11.6 Å². The molecule has 0 aromatic heterocycles. The molecule has 0 aliphatic rings. The summed E-state index contributed by atoms with van der Waals surface area (Å²) in [4.78, 5) is 0. The summed E-state index contributed by atoms with van der Waals surface area (Å²) in [6.45, 7) is 4.10. The van der Waals surface area contributed by atoms with Crippen LogP contribution in [0.15, 0.2) is 0 Å². The lowest BCUT2D eigenvalue weighted by molar-refractivity contribution is 0.00947. The van der Waals surface area contributed by atoms with E-state index >= 15 is 0 Å². The molecule has 0 spiro atoms. The molecule has 0 radical (unpaired) electrons. The van der Waals surface area contributed by atoms with Crippen molar-refractivity contribution in [2.24, 2.45) is 5.73 Å². The van der Waals surface area contributed by atoms with Gasteiger partial charge in [0.15, 0.2) is 0 Å². The fourth-order valence-corrected chi connectivity index (χ4v) is 1.28. The van der Waals surface area contributed by atoms with Crippen LogP contribution in [0, 0.1) is 12.3 Å². The molecule has 0 aromatic rings.